The molecule has 0 aliphatic heterocycles. The molecule has 0 bridgehead atoms. The van der Waals surface area contributed by atoms with Crippen molar-refractivity contribution < 1.29 is 8.78 Å². The normalized spacial score (nSPS) is 11.8. The topological polar surface area (TPSA) is 17.0 Å². The molecule has 0 amide bonds. The Morgan fingerprint density at radius 1 is 1.15 bits per heavy atom. The molecule has 0 spiro atoms. The Bertz CT molecular complexity index is 582. The van der Waals surface area contributed by atoms with Gasteiger partial charge in [-0.15, -0.1) is 0 Å². The minimum atomic E-state index is -0.802. The van der Waals surface area contributed by atoms with Crippen LogP contribution in [0.25, 0.3) is 0 Å². The predicted octanol–water partition coefficient (Wildman–Crippen LogP) is 3.70. The Morgan fingerprint density at radius 2 is 1.90 bits per heavy atom. The quantitative estimate of drug-likeness (QED) is 0.902. The van der Waals surface area contributed by atoms with Crippen LogP contribution in [-0.4, -0.2) is 10.1 Å². The number of hydrogen-bond donors (Lipinski definition) is 1. The lowest BCUT2D eigenvalue weighted by atomic mass is 10.1. The van der Waals surface area contributed by atoms with Crippen LogP contribution in [0.2, 0.25) is 0 Å². The number of rotatable bonds is 4. The summed E-state index contributed by atoms with van der Waals surface area (Å²) in [5.41, 5.74) is 1.53. The van der Waals surface area contributed by atoms with Crippen molar-refractivity contribution in [2.45, 2.75) is 39.4 Å². The number of nitrogens with zero attached hydrogens (tertiary/aromatic N) is 1. The average Bonchev–Trinajstić information content (AvgIpc) is 2.80. The molecule has 0 saturated heterocycles. The Balaban J connectivity index is 2.04. The average molecular weight is 278 g/mol. The Hall–Kier alpha value is -1.68. The highest BCUT2D eigenvalue weighted by Gasteiger charge is 2.10. The fraction of sp³-hybridized carbons (Fsp3) is 0.375. The van der Waals surface area contributed by atoms with E-state index < -0.39 is 11.6 Å². The summed E-state index contributed by atoms with van der Waals surface area (Å²) in [4.78, 5) is 0. The molecule has 0 aliphatic rings. The standard InChI is InChI=1S/C16H20F2N2/c1-16(2,3)19-9-12-7-8-20(10-12)11-13-5-4-6-14(17)15(13)18/h4-8,10,19H,9,11H2,1-3H3. The van der Waals surface area contributed by atoms with Gasteiger partial charge < -0.3 is 9.88 Å². The van der Waals surface area contributed by atoms with Crippen LogP contribution in [0.15, 0.2) is 36.7 Å². The van der Waals surface area contributed by atoms with Crippen LogP contribution in [0.3, 0.4) is 0 Å². The van der Waals surface area contributed by atoms with Crippen molar-refractivity contribution in [3.63, 3.8) is 0 Å². The van der Waals surface area contributed by atoms with E-state index in [1.807, 2.05) is 23.0 Å². The summed E-state index contributed by atoms with van der Waals surface area (Å²) in [5, 5.41) is 3.39. The van der Waals surface area contributed by atoms with Gasteiger partial charge >= 0.3 is 0 Å². The second-order valence-corrected chi connectivity index (χ2v) is 6.01. The zero-order chi connectivity index (χ0) is 14.8. The van der Waals surface area contributed by atoms with Crippen molar-refractivity contribution in [1.82, 2.24) is 9.88 Å². The third-order valence-electron chi connectivity index (χ3n) is 3.02. The van der Waals surface area contributed by atoms with E-state index in [4.69, 9.17) is 0 Å². The molecule has 1 aromatic heterocycles. The molecule has 2 rings (SSSR count). The highest BCUT2D eigenvalue weighted by atomic mass is 19.2. The maximum atomic E-state index is 13.6. The predicted molar refractivity (Wildman–Crippen MR) is 76.5 cm³/mol. The van der Waals surface area contributed by atoms with E-state index in [-0.39, 0.29) is 5.54 Å². The smallest absolute Gasteiger partial charge is 0.163 e. The Labute approximate surface area is 118 Å². The maximum Gasteiger partial charge on any atom is 0.163 e. The molecular formula is C16H20F2N2. The molecule has 2 aromatic rings. The summed E-state index contributed by atoms with van der Waals surface area (Å²) in [6.07, 6.45) is 3.83. The van der Waals surface area contributed by atoms with Gasteiger partial charge in [0.1, 0.15) is 0 Å². The Kier molecular flexibility index (Phi) is 4.23. The monoisotopic (exact) mass is 278 g/mol. The van der Waals surface area contributed by atoms with Crippen LogP contribution in [0.5, 0.6) is 0 Å². The van der Waals surface area contributed by atoms with Crippen molar-refractivity contribution in [3.05, 3.63) is 59.4 Å². The highest BCUT2D eigenvalue weighted by Crippen LogP contribution is 2.14. The molecule has 1 heterocycles. The molecule has 0 atom stereocenters. The van der Waals surface area contributed by atoms with Gasteiger partial charge in [0.05, 0.1) is 0 Å². The minimum Gasteiger partial charge on any atom is -0.349 e. The molecule has 1 N–H and O–H groups in total. The van der Waals surface area contributed by atoms with E-state index in [0.29, 0.717) is 12.1 Å². The van der Waals surface area contributed by atoms with Crippen molar-refractivity contribution in [2.75, 3.05) is 0 Å². The van der Waals surface area contributed by atoms with E-state index in [1.54, 1.807) is 6.07 Å². The van der Waals surface area contributed by atoms with Crippen LogP contribution in [0.1, 0.15) is 31.9 Å². The van der Waals surface area contributed by atoms with Crippen LogP contribution >= 0.6 is 0 Å². The van der Waals surface area contributed by atoms with Gasteiger partial charge in [-0.2, -0.15) is 0 Å². The maximum absolute atomic E-state index is 13.6. The SMILES string of the molecule is CC(C)(C)NCc1ccn(Cc2cccc(F)c2F)c1. The lowest BCUT2D eigenvalue weighted by Crippen LogP contribution is -2.34. The lowest BCUT2D eigenvalue weighted by Gasteiger charge is -2.19. The summed E-state index contributed by atoms with van der Waals surface area (Å²) < 4.78 is 28.6. The van der Waals surface area contributed by atoms with E-state index in [9.17, 15) is 8.78 Å². The summed E-state index contributed by atoms with van der Waals surface area (Å²) >= 11 is 0. The second-order valence-electron chi connectivity index (χ2n) is 6.01. The van der Waals surface area contributed by atoms with Gasteiger partial charge in [0.15, 0.2) is 11.6 Å². The van der Waals surface area contributed by atoms with Gasteiger partial charge in [-0.1, -0.05) is 12.1 Å². The van der Waals surface area contributed by atoms with Crippen molar-refractivity contribution >= 4 is 0 Å². The van der Waals surface area contributed by atoms with Crippen molar-refractivity contribution in [1.29, 1.82) is 0 Å². The summed E-state index contributed by atoms with van der Waals surface area (Å²) in [5.74, 6) is -1.57. The van der Waals surface area contributed by atoms with E-state index in [0.717, 1.165) is 18.2 Å². The third-order valence-corrected chi connectivity index (χ3v) is 3.02. The number of aromatic nitrogens is 1. The number of hydrogen-bond acceptors (Lipinski definition) is 1. The lowest BCUT2D eigenvalue weighted by molar-refractivity contribution is 0.424. The van der Waals surface area contributed by atoms with Crippen LogP contribution in [-0.2, 0) is 13.1 Å². The molecule has 20 heavy (non-hydrogen) atoms. The van der Waals surface area contributed by atoms with E-state index in [1.165, 1.54) is 6.07 Å². The molecule has 1 aromatic carbocycles. The fourth-order valence-corrected chi connectivity index (χ4v) is 1.93. The molecule has 2 nitrogen and oxygen atoms in total. The fourth-order valence-electron chi connectivity index (χ4n) is 1.93. The molecular weight excluding hydrogens is 258 g/mol. The van der Waals surface area contributed by atoms with E-state index >= 15 is 0 Å². The molecule has 0 saturated carbocycles. The molecule has 4 heteroatoms. The van der Waals surface area contributed by atoms with Crippen molar-refractivity contribution in [2.24, 2.45) is 0 Å². The van der Waals surface area contributed by atoms with Gasteiger partial charge in [0.2, 0.25) is 0 Å². The van der Waals surface area contributed by atoms with Gasteiger partial charge in [-0.3, -0.25) is 0 Å². The second kappa shape index (κ2) is 5.75. The molecule has 108 valence electrons. The number of nitrogens with one attached hydrogen (secondary N) is 1. The van der Waals surface area contributed by atoms with Crippen LogP contribution < -0.4 is 5.32 Å². The van der Waals surface area contributed by atoms with E-state index in [2.05, 4.69) is 26.1 Å². The highest BCUT2D eigenvalue weighted by molar-refractivity contribution is 5.20. The summed E-state index contributed by atoms with van der Waals surface area (Å²) in [7, 11) is 0. The van der Waals surface area contributed by atoms with Gasteiger partial charge in [0.25, 0.3) is 0 Å². The van der Waals surface area contributed by atoms with Gasteiger partial charge in [-0.05, 0) is 38.5 Å². The first-order valence-corrected chi connectivity index (χ1v) is 6.68. The first-order chi connectivity index (χ1) is 9.35. The number of halogens is 2. The zero-order valence-electron chi connectivity index (χ0n) is 12.1. The summed E-state index contributed by atoms with van der Waals surface area (Å²) in [6.45, 7) is 7.39. The molecule has 0 unspecified atom stereocenters. The number of benzene rings is 1. The van der Waals surface area contributed by atoms with Crippen LogP contribution in [0, 0.1) is 11.6 Å². The minimum absolute atomic E-state index is 0.0523. The first-order valence-electron chi connectivity index (χ1n) is 6.68. The van der Waals surface area contributed by atoms with Gasteiger partial charge in [0, 0.05) is 36.6 Å². The first kappa shape index (κ1) is 14.7. The van der Waals surface area contributed by atoms with Gasteiger partial charge in [-0.25, -0.2) is 8.78 Å². The largest absolute Gasteiger partial charge is 0.349 e. The van der Waals surface area contributed by atoms with Crippen LogP contribution in [0.4, 0.5) is 8.78 Å². The van der Waals surface area contributed by atoms with Crippen molar-refractivity contribution in [3.8, 4) is 0 Å². The Morgan fingerprint density at radius 3 is 2.60 bits per heavy atom. The molecule has 0 fully saturated rings. The molecule has 0 aliphatic carbocycles. The molecule has 0 radical (unpaired) electrons. The zero-order valence-corrected chi connectivity index (χ0v) is 12.1. The third kappa shape index (κ3) is 3.90. The summed E-state index contributed by atoms with van der Waals surface area (Å²) in [6, 6.07) is 6.24.